The lowest BCUT2D eigenvalue weighted by Crippen LogP contribution is -2.59. The fourth-order valence-electron chi connectivity index (χ4n) is 6.74. The molecule has 5 N–H and O–H groups in total. The molecule has 14 nitrogen and oxygen atoms in total. The molecule has 0 aliphatic carbocycles. The zero-order valence-electron chi connectivity index (χ0n) is 32.4. The summed E-state index contributed by atoms with van der Waals surface area (Å²) >= 11 is 0. The summed E-state index contributed by atoms with van der Waals surface area (Å²) in [5.74, 6) is -2.72. The predicted octanol–water partition coefficient (Wildman–Crippen LogP) is 2.61. The van der Waals surface area contributed by atoms with Crippen molar-refractivity contribution in [3.05, 3.63) is 54.1 Å². The lowest BCUT2D eigenvalue weighted by atomic mass is 10.0. The molecular weight excluding hydrogens is 690 g/mol. The molecule has 1 saturated heterocycles. The number of unbranched alkanes of at least 4 members (excludes halogenated alkanes) is 5. The van der Waals surface area contributed by atoms with Crippen LogP contribution in [-0.2, 0) is 48.2 Å². The summed E-state index contributed by atoms with van der Waals surface area (Å²) in [5.41, 5.74) is 2.04. The lowest BCUT2D eigenvalue weighted by Gasteiger charge is -2.28. The van der Waals surface area contributed by atoms with Crippen molar-refractivity contribution >= 4 is 35.8 Å². The number of nitrogens with one attached hydrogen (secondary N) is 4. The minimum absolute atomic E-state index is 0.00194. The molecule has 1 fully saturated rings. The van der Waals surface area contributed by atoms with Crippen LogP contribution in [0.4, 0.5) is 0 Å². The van der Waals surface area contributed by atoms with Gasteiger partial charge in [0, 0.05) is 38.3 Å². The number of amides is 5. The standard InChI is InChI=1S/C40H61N7O7/c1-5-31(25-48)42-39(53)35(26-49)45-38(52)34(43-37(51)33(22-28(2)3)44-40(54)36-19-15-21-47(36)29(4)50)23-32-24-41-27-46(32)20-14-9-7-6-8-11-16-30-17-12-10-13-18-30/h10,12-13,17-18,24-25,27-28,31,33-36,49H,5-9,11,14-16,19-23,26H2,1-4H3,(H,42,53)(H,43,51)(H,44,54)(H,45,52)/t31-,33-,34-,35-,36-/m0/s1. The molecule has 2 aromatic rings. The number of aryl methyl sites for hydroxylation is 2. The number of aldehydes is 1. The van der Waals surface area contributed by atoms with Gasteiger partial charge in [-0.05, 0) is 56.4 Å². The lowest BCUT2D eigenvalue weighted by molar-refractivity contribution is -0.138. The Morgan fingerprint density at radius 3 is 2.19 bits per heavy atom. The molecule has 5 amide bonds. The number of likely N-dealkylation sites (tertiary alicyclic amines) is 1. The highest BCUT2D eigenvalue weighted by molar-refractivity contribution is 5.96. The molecule has 1 aliphatic rings. The average molecular weight is 752 g/mol. The number of carbonyl (C=O) groups excluding carboxylic acids is 6. The van der Waals surface area contributed by atoms with Crippen LogP contribution in [0.2, 0.25) is 0 Å². The maximum atomic E-state index is 13.9. The van der Waals surface area contributed by atoms with Gasteiger partial charge >= 0.3 is 0 Å². The highest BCUT2D eigenvalue weighted by Gasteiger charge is 2.36. The number of aliphatic hydroxyl groups is 1. The number of imidazole rings is 1. The second kappa shape index (κ2) is 23.3. The van der Waals surface area contributed by atoms with Gasteiger partial charge in [0.15, 0.2) is 0 Å². The Morgan fingerprint density at radius 1 is 0.889 bits per heavy atom. The maximum Gasteiger partial charge on any atom is 0.245 e. The molecule has 1 aromatic carbocycles. The van der Waals surface area contributed by atoms with E-state index in [1.165, 1.54) is 17.4 Å². The number of rotatable bonds is 24. The Hall–Kier alpha value is -4.59. The monoisotopic (exact) mass is 751 g/mol. The van der Waals surface area contributed by atoms with E-state index in [2.05, 4.69) is 50.5 Å². The van der Waals surface area contributed by atoms with Gasteiger partial charge in [0.1, 0.15) is 30.5 Å². The van der Waals surface area contributed by atoms with Gasteiger partial charge in [-0.15, -0.1) is 0 Å². The SMILES string of the molecule is CC[C@@H](C=O)NC(=O)[C@H](CO)NC(=O)[C@H](Cc1cncn1CCCCCCCCc1ccccc1)NC(=O)[C@H](CC(C)C)NC(=O)[C@@H]1CCCN1C(C)=O. The van der Waals surface area contributed by atoms with E-state index in [4.69, 9.17) is 0 Å². The molecule has 2 heterocycles. The topological polar surface area (TPSA) is 192 Å². The van der Waals surface area contributed by atoms with E-state index in [-0.39, 0.29) is 24.7 Å². The Balaban J connectivity index is 1.70. The fraction of sp³-hybridized carbons (Fsp3) is 0.625. The van der Waals surface area contributed by atoms with E-state index < -0.39 is 60.4 Å². The molecule has 0 unspecified atom stereocenters. The van der Waals surface area contributed by atoms with Crippen molar-refractivity contribution in [3.8, 4) is 0 Å². The average Bonchev–Trinajstić information content (AvgIpc) is 3.83. The number of hydrogen-bond acceptors (Lipinski definition) is 8. The summed E-state index contributed by atoms with van der Waals surface area (Å²) in [4.78, 5) is 83.3. The molecule has 5 atom stereocenters. The molecule has 14 heteroatoms. The minimum atomic E-state index is -1.38. The van der Waals surface area contributed by atoms with Gasteiger partial charge < -0.3 is 40.6 Å². The number of nitrogens with zero attached hydrogens (tertiary/aromatic N) is 3. The largest absolute Gasteiger partial charge is 0.394 e. The quantitative estimate of drug-likeness (QED) is 0.0799. The van der Waals surface area contributed by atoms with Crippen molar-refractivity contribution in [2.45, 2.75) is 141 Å². The van der Waals surface area contributed by atoms with Gasteiger partial charge in [-0.2, -0.15) is 0 Å². The fourth-order valence-corrected chi connectivity index (χ4v) is 6.74. The molecule has 0 bridgehead atoms. The zero-order chi connectivity index (χ0) is 39.5. The third-order valence-corrected chi connectivity index (χ3v) is 9.85. The van der Waals surface area contributed by atoms with Crippen molar-refractivity contribution in [3.63, 3.8) is 0 Å². The van der Waals surface area contributed by atoms with Crippen molar-refractivity contribution in [1.82, 2.24) is 35.7 Å². The maximum absolute atomic E-state index is 13.9. The van der Waals surface area contributed by atoms with E-state index in [1.54, 1.807) is 19.4 Å². The van der Waals surface area contributed by atoms with Gasteiger partial charge in [-0.1, -0.05) is 76.8 Å². The molecule has 54 heavy (non-hydrogen) atoms. The number of aromatic nitrogens is 2. The molecule has 0 spiro atoms. The Labute approximate surface area is 319 Å². The highest BCUT2D eigenvalue weighted by Crippen LogP contribution is 2.19. The first-order valence-electron chi connectivity index (χ1n) is 19.5. The van der Waals surface area contributed by atoms with Crippen molar-refractivity contribution < 1.29 is 33.9 Å². The number of carbonyl (C=O) groups is 6. The number of benzene rings is 1. The van der Waals surface area contributed by atoms with Gasteiger partial charge in [0.05, 0.1) is 19.0 Å². The van der Waals surface area contributed by atoms with E-state index in [0.29, 0.717) is 44.3 Å². The molecule has 1 aliphatic heterocycles. The van der Waals surface area contributed by atoms with Crippen LogP contribution in [0.25, 0.3) is 0 Å². The first kappa shape index (κ1) is 43.8. The second-order valence-corrected chi connectivity index (χ2v) is 14.7. The van der Waals surface area contributed by atoms with Crippen molar-refractivity contribution in [2.24, 2.45) is 5.92 Å². The first-order valence-corrected chi connectivity index (χ1v) is 19.5. The zero-order valence-corrected chi connectivity index (χ0v) is 32.4. The molecule has 3 rings (SSSR count). The molecule has 1 aromatic heterocycles. The summed E-state index contributed by atoms with van der Waals surface area (Å²) in [7, 11) is 0. The summed E-state index contributed by atoms with van der Waals surface area (Å²) in [6.07, 6.45) is 13.2. The first-order chi connectivity index (χ1) is 26.0. The van der Waals surface area contributed by atoms with Crippen LogP contribution in [0.15, 0.2) is 42.9 Å². The van der Waals surface area contributed by atoms with Gasteiger partial charge in [0.25, 0.3) is 0 Å². The van der Waals surface area contributed by atoms with E-state index in [9.17, 15) is 33.9 Å². The van der Waals surface area contributed by atoms with Gasteiger partial charge in [0.2, 0.25) is 29.5 Å². The van der Waals surface area contributed by atoms with E-state index in [0.717, 1.165) is 44.9 Å². The molecule has 0 saturated carbocycles. The van der Waals surface area contributed by atoms with Crippen LogP contribution in [0.3, 0.4) is 0 Å². The van der Waals surface area contributed by atoms with E-state index in [1.807, 2.05) is 24.5 Å². The second-order valence-electron chi connectivity index (χ2n) is 14.7. The normalized spacial score (nSPS) is 16.3. The van der Waals surface area contributed by atoms with Gasteiger partial charge in [-0.3, -0.25) is 24.0 Å². The number of aliphatic hydroxyl groups excluding tert-OH is 1. The predicted molar refractivity (Wildman–Crippen MR) is 205 cm³/mol. The van der Waals surface area contributed by atoms with Crippen LogP contribution in [0.5, 0.6) is 0 Å². The third kappa shape index (κ3) is 14.3. The Kier molecular flexibility index (Phi) is 18.9. The minimum Gasteiger partial charge on any atom is -0.394 e. The molecular formula is C40H61N7O7. The van der Waals surface area contributed by atoms with Gasteiger partial charge in [-0.25, -0.2) is 4.98 Å². The molecule has 0 radical (unpaired) electrons. The Bertz CT molecular complexity index is 1500. The summed E-state index contributed by atoms with van der Waals surface area (Å²) in [6, 6.07) is 5.41. The summed E-state index contributed by atoms with van der Waals surface area (Å²) < 4.78 is 1.94. The smallest absolute Gasteiger partial charge is 0.245 e. The summed E-state index contributed by atoms with van der Waals surface area (Å²) in [6.45, 7) is 7.32. The molecule has 298 valence electrons. The Morgan fingerprint density at radius 2 is 1.54 bits per heavy atom. The van der Waals surface area contributed by atoms with Crippen LogP contribution >= 0.6 is 0 Å². The van der Waals surface area contributed by atoms with Crippen molar-refractivity contribution in [2.75, 3.05) is 13.2 Å². The van der Waals surface area contributed by atoms with E-state index >= 15 is 0 Å². The highest BCUT2D eigenvalue weighted by atomic mass is 16.3. The van der Waals surface area contributed by atoms with Crippen LogP contribution < -0.4 is 21.3 Å². The van der Waals surface area contributed by atoms with Crippen molar-refractivity contribution in [1.29, 1.82) is 0 Å². The van der Waals surface area contributed by atoms with Crippen LogP contribution in [0, 0.1) is 5.92 Å². The number of hydrogen-bond donors (Lipinski definition) is 5. The summed E-state index contributed by atoms with van der Waals surface area (Å²) in [5, 5.41) is 20.7. The van der Waals surface area contributed by atoms with Crippen LogP contribution in [-0.4, -0.2) is 98.7 Å². The van der Waals surface area contributed by atoms with Crippen LogP contribution in [0.1, 0.15) is 103 Å². The third-order valence-electron chi connectivity index (χ3n) is 9.85.